The van der Waals surface area contributed by atoms with Crippen LogP contribution in [0.5, 0.6) is 0 Å². The van der Waals surface area contributed by atoms with Gasteiger partial charge in [-0.3, -0.25) is 4.79 Å². The molecule has 0 fully saturated rings. The van der Waals surface area contributed by atoms with Crippen molar-refractivity contribution < 1.29 is 4.79 Å². The molecule has 106 valence electrons. The van der Waals surface area contributed by atoms with Crippen molar-refractivity contribution in [3.63, 3.8) is 0 Å². The highest BCUT2D eigenvalue weighted by Gasteiger charge is 2.22. The molecule has 0 aliphatic heterocycles. The van der Waals surface area contributed by atoms with Gasteiger partial charge in [-0.25, -0.2) is 4.98 Å². The number of carbonyl (C=O) groups is 1. The number of hydrogen-bond acceptors (Lipinski definition) is 4. The summed E-state index contributed by atoms with van der Waals surface area (Å²) in [5.41, 5.74) is 6.92. The SMILES string of the molecule is CC(C)(CCc1ccccc1)NC(=O)c1csc(N)n1. The molecule has 0 spiro atoms. The number of nitrogen functional groups attached to an aromatic ring is 1. The number of aryl methyl sites for hydroxylation is 1. The van der Waals surface area contributed by atoms with Crippen molar-refractivity contribution in [3.05, 3.63) is 47.0 Å². The maximum Gasteiger partial charge on any atom is 0.271 e. The van der Waals surface area contributed by atoms with E-state index in [1.165, 1.54) is 16.9 Å². The van der Waals surface area contributed by atoms with Crippen molar-refractivity contribution in [1.29, 1.82) is 0 Å². The average Bonchev–Trinajstić information content (AvgIpc) is 2.84. The van der Waals surface area contributed by atoms with E-state index in [1.54, 1.807) is 5.38 Å². The van der Waals surface area contributed by atoms with Crippen LogP contribution >= 0.6 is 11.3 Å². The molecule has 5 heteroatoms. The Bertz CT molecular complexity index is 578. The van der Waals surface area contributed by atoms with Gasteiger partial charge >= 0.3 is 0 Å². The molecular weight excluding hydrogens is 270 g/mol. The Balaban J connectivity index is 1.92. The molecule has 1 aromatic carbocycles. The summed E-state index contributed by atoms with van der Waals surface area (Å²) >= 11 is 1.27. The lowest BCUT2D eigenvalue weighted by Gasteiger charge is -2.26. The third-order valence-electron chi connectivity index (χ3n) is 3.09. The zero-order chi connectivity index (χ0) is 14.6. The van der Waals surface area contributed by atoms with Gasteiger partial charge < -0.3 is 11.1 Å². The summed E-state index contributed by atoms with van der Waals surface area (Å²) in [5.74, 6) is -0.170. The maximum atomic E-state index is 12.1. The molecule has 1 aromatic heterocycles. The van der Waals surface area contributed by atoms with Gasteiger partial charge in [0.2, 0.25) is 0 Å². The Morgan fingerprint density at radius 2 is 2.05 bits per heavy atom. The highest BCUT2D eigenvalue weighted by Crippen LogP contribution is 2.16. The highest BCUT2D eigenvalue weighted by molar-refractivity contribution is 7.13. The largest absolute Gasteiger partial charge is 0.375 e. The first kappa shape index (κ1) is 14.5. The number of carbonyl (C=O) groups excluding carboxylic acids is 1. The van der Waals surface area contributed by atoms with Gasteiger partial charge in [-0.15, -0.1) is 11.3 Å². The van der Waals surface area contributed by atoms with Gasteiger partial charge in [0.15, 0.2) is 5.13 Å². The third kappa shape index (κ3) is 4.06. The van der Waals surface area contributed by atoms with E-state index in [0.29, 0.717) is 10.8 Å². The summed E-state index contributed by atoms with van der Waals surface area (Å²) < 4.78 is 0. The van der Waals surface area contributed by atoms with Crippen LogP contribution in [0.3, 0.4) is 0 Å². The standard InChI is InChI=1S/C15H19N3OS/c1-15(2,9-8-11-6-4-3-5-7-11)18-13(19)12-10-20-14(16)17-12/h3-7,10H,8-9H2,1-2H3,(H2,16,17)(H,18,19). The number of anilines is 1. The Morgan fingerprint density at radius 3 is 2.65 bits per heavy atom. The van der Waals surface area contributed by atoms with Crippen LogP contribution in [0, 0.1) is 0 Å². The van der Waals surface area contributed by atoms with Crippen LogP contribution in [0.25, 0.3) is 0 Å². The predicted octanol–water partition coefficient (Wildman–Crippen LogP) is 2.87. The molecule has 2 rings (SSSR count). The molecule has 0 unspecified atom stereocenters. The van der Waals surface area contributed by atoms with Crippen LogP contribution < -0.4 is 11.1 Å². The minimum atomic E-state index is -0.286. The van der Waals surface area contributed by atoms with E-state index in [0.717, 1.165) is 12.8 Å². The summed E-state index contributed by atoms with van der Waals surface area (Å²) in [5, 5.41) is 5.10. The molecule has 1 heterocycles. The minimum absolute atomic E-state index is 0.170. The number of hydrogen-bond donors (Lipinski definition) is 2. The fourth-order valence-corrected chi connectivity index (χ4v) is 2.47. The molecule has 0 aliphatic rings. The molecule has 0 saturated heterocycles. The predicted molar refractivity (Wildman–Crippen MR) is 82.8 cm³/mol. The van der Waals surface area contributed by atoms with Crippen LogP contribution in [0.15, 0.2) is 35.7 Å². The van der Waals surface area contributed by atoms with Crippen LogP contribution in [0.2, 0.25) is 0 Å². The van der Waals surface area contributed by atoms with E-state index in [1.807, 2.05) is 32.0 Å². The van der Waals surface area contributed by atoms with Crippen LogP contribution in [-0.2, 0) is 6.42 Å². The van der Waals surface area contributed by atoms with E-state index < -0.39 is 0 Å². The first-order valence-electron chi connectivity index (χ1n) is 6.54. The van der Waals surface area contributed by atoms with Gasteiger partial charge in [0.1, 0.15) is 5.69 Å². The number of nitrogens with zero attached hydrogens (tertiary/aromatic N) is 1. The topological polar surface area (TPSA) is 68.0 Å². The van der Waals surface area contributed by atoms with Crippen molar-refractivity contribution in [3.8, 4) is 0 Å². The fourth-order valence-electron chi connectivity index (χ4n) is 1.93. The quantitative estimate of drug-likeness (QED) is 0.889. The Kier molecular flexibility index (Phi) is 4.39. The van der Waals surface area contributed by atoms with Gasteiger partial charge in [-0.1, -0.05) is 30.3 Å². The molecule has 3 N–H and O–H groups in total. The van der Waals surface area contributed by atoms with Crippen molar-refractivity contribution >= 4 is 22.4 Å². The zero-order valence-electron chi connectivity index (χ0n) is 11.7. The maximum absolute atomic E-state index is 12.1. The van der Waals surface area contributed by atoms with Crippen molar-refractivity contribution in [2.75, 3.05) is 5.73 Å². The number of amides is 1. The highest BCUT2D eigenvalue weighted by atomic mass is 32.1. The van der Waals surface area contributed by atoms with E-state index in [9.17, 15) is 4.79 Å². The number of nitrogens with two attached hydrogens (primary N) is 1. The summed E-state index contributed by atoms with van der Waals surface area (Å²) in [4.78, 5) is 16.1. The second-order valence-corrected chi connectivity index (χ2v) is 6.28. The van der Waals surface area contributed by atoms with Gasteiger partial charge in [0, 0.05) is 10.9 Å². The minimum Gasteiger partial charge on any atom is -0.375 e. The molecule has 20 heavy (non-hydrogen) atoms. The number of nitrogens with one attached hydrogen (secondary N) is 1. The Labute approximate surface area is 123 Å². The number of rotatable bonds is 5. The first-order chi connectivity index (χ1) is 9.46. The normalized spacial score (nSPS) is 11.3. The molecule has 0 radical (unpaired) electrons. The van der Waals surface area contributed by atoms with E-state index in [2.05, 4.69) is 22.4 Å². The summed E-state index contributed by atoms with van der Waals surface area (Å²) in [6.07, 6.45) is 1.79. The number of thiazole rings is 1. The van der Waals surface area contributed by atoms with Gasteiger partial charge in [0.25, 0.3) is 5.91 Å². The molecular formula is C15H19N3OS. The van der Waals surface area contributed by atoms with E-state index in [-0.39, 0.29) is 11.4 Å². The molecule has 0 bridgehead atoms. The van der Waals surface area contributed by atoms with Crippen LogP contribution in [0.1, 0.15) is 36.3 Å². The van der Waals surface area contributed by atoms with Gasteiger partial charge in [-0.2, -0.15) is 0 Å². The lowest BCUT2D eigenvalue weighted by Crippen LogP contribution is -2.43. The van der Waals surface area contributed by atoms with Gasteiger partial charge in [-0.05, 0) is 32.3 Å². The lowest BCUT2D eigenvalue weighted by atomic mass is 9.95. The first-order valence-corrected chi connectivity index (χ1v) is 7.42. The van der Waals surface area contributed by atoms with Crippen LogP contribution in [-0.4, -0.2) is 16.4 Å². The molecule has 0 aliphatic carbocycles. The number of benzene rings is 1. The third-order valence-corrected chi connectivity index (χ3v) is 3.76. The van der Waals surface area contributed by atoms with Crippen molar-refractivity contribution in [2.24, 2.45) is 0 Å². The van der Waals surface area contributed by atoms with E-state index in [4.69, 9.17) is 5.73 Å². The molecule has 0 atom stereocenters. The Morgan fingerprint density at radius 1 is 1.35 bits per heavy atom. The average molecular weight is 289 g/mol. The lowest BCUT2D eigenvalue weighted by molar-refractivity contribution is 0.0905. The molecule has 0 saturated carbocycles. The van der Waals surface area contributed by atoms with Crippen molar-refractivity contribution in [1.82, 2.24) is 10.3 Å². The van der Waals surface area contributed by atoms with E-state index >= 15 is 0 Å². The molecule has 1 amide bonds. The number of aromatic nitrogens is 1. The second kappa shape index (κ2) is 6.05. The monoisotopic (exact) mass is 289 g/mol. The summed E-state index contributed by atoms with van der Waals surface area (Å²) in [6, 6.07) is 10.2. The zero-order valence-corrected chi connectivity index (χ0v) is 12.5. The fraction of sp³-hybridized carbons (Fsp3) is 0.333. The summed E-state index contributed by atoms with van der Waals surface area (Å²) in [6.45, 7) is 4.03. The molecule has 4 nitrogen and oxygen atoms in total. The Hall–Kier alpha value is -1.88. The van der Waals surface area contributed by atoms with Gasteiger partial charge in [0.05, 0.1) is 0 Å². The second-order valence-electron chi connectivity index (χ2n) is 5.39. The van der Waals surface area contributed by atoms with Crippen LogP contribution in [0.4, 0.5) is 5.13 Å². The van der Waals surface area contributed by atoms with Crippen molar-refractivity contribution in [2.45, 2.75) is 32.2 Å². The smallest absolute Gasteiger partial charge is 0.271 e. The molecule has 2 aromatic rings. The summed E-state index contributed by atoms with van der Waals surface area (Å²) in [7, 11) is 0.